The Kier molecular flexibility index (Phi) is 12.2. The van der Waals surface area contributed by atoms with Gasteiger partial charge >= 0.3 is 0 Å². The normalized spacial score (nSPS) is 16.2. The van der Waals surface area contributed by atoms with Gasteiger partial charge in [-0.05, 0) is 154 Å². The Hall–Kier alpha value is -7.31. The van der Waals surface area contributed by atoms with E-state index in [0.717, 1.165) is 115 Å². The molecule has 7 aromatic rings. The van der Waals surface area contributed by atoms with E-state index in [9.17, 15) is 9.59 Å². The molecular weight excluding hydrogens is 787 g/mol. The number of amides is 2. The number of allylic oxidation sites excluding steroid dienone is 4. The number of carbonyl (C=O) groups excluding carboxylic acids is 2. The zero-order valence-corrected chi connectivity index (χ0v) is 36.9. The fourth-order valence-corrected chi connectivity index (χ4v) is 9.20. The highest BCUT2D eigenvalue weighted by Gasteiger charge is 2.22. The van der Waals surface area contributed by atoms with Crippen molar-refractivity contribution in [3.05, 3.63) is 208 Å². The van der Waals surface area contributed by atoms with E-state index in [4.69, 9.17) is 0 Å². The van der Waals surface area contributed by atoms with E-state index in [2.05, 4.69) is 129 Å². The molecular formula is C57H53N5O2. The van der Waals surface area contributed by atoms with E-state index in [0.29, 0.717) is 11.1 Å². The molecule has 0 spiro atoms. The van der Waals surface area contributed by atoms with Crippen LogP contribution in [0, 0.1) is 13.8 Å². The third-order valence-corrected chi connectivity index (χ3v) is 12.7. The summed E-state index contributed by atoms with van der Waals surface area (Å²) in [6.45, 7) is 11.9. The summed E-state index contributed by atoms with van der Waals surface area (Å²) < 4.78 is 0. The number of piperazine rings is 1. The number of fused-ring (bicyclic) bond motifs is 2. The van der Waals surface area contributed by atoms with Crippen molar-refractivity contribution >= 4 is 38.9 Å². The lowest BCUT2D eigenvalue weighted by molar-refractivity contribution is 0.0931. The van der Waals surface area contributed by atoms with Gasteiger partial charge in [-0.3, -0.25) is 14.6 Å². The number of rotatable bonds is 10. The monoisotopic (exact) mass is 839 g/mol. The number of pyridine rings is 1. The number of hydrogen-bond donors (Lipinski definition) is 3. The quantitative estimate of drug-likeness (QED) is 0.119. The maximum atomic E-state index is 14.4. The van der Waals surface area contributed by atoms with Gasteiger partial charge in [0.25, 0.3) is 11.8 Å². The van der Waals surface area contributed by atoms with Crippen LogP contribution in [0.4, 0.5) is 0 Å². The molecule has 318 valence electrons. The second-order valence-corrected chi connectivity index (χ2v) is 16.9. The highest BCUT2D eigenvalue weighted by atomic mass is 16.2. The minimum atomic E-state index is -0.302. The lowest BCUT2D eigenvalue weighted by atomic mass is 9.87. The number of aryl methyl sites for hydroxylation is 1. The first-order chi connectivity index (χ1) is 31.2. The standard InChI is InChI=1S/C57H53N5O2/c1-37-23-24-44(43-14-6-5-7-16-46(33-43)62-31-29-59-30-32-62)34-53(37)56(63)60-40(4)48-19-11-21-51-50(48)20-12-22-52(51)54-35-45(41-25-27-58-28-26-41)36-55(38(54)2)57(64)61-39(3)47-18-10-15-42-13-8-9-17-49(42)47/h6-15,17-28,33-36,39-40,59H,5,29-32H2,1-4H3,(H,60,63)(H,61,64)/b14-6-,43-33+/t16?,39-,40-/m1/s1. The van der Waals surface area contributed by atoms with E-state index >= 15 is 0 Å². The number of hydrogen-bond acceptors (Lipinski definition) is 5. The SMILES string of the molecule is Cc1ccc(C2=C/C(N3CCNCC3)=C=CC/C=C\2)cc1C(=O)N[C@H](C)c1cccc2c(-c3cc(-c4ccncc4)cc(C(=O)N[C@H](C)c4cccc5ccccc45)c3C)cccc12. The third kappa shape index (κ3) is 8.69. The van der Waals surface area contributed by atoms with Crippen molar-refractivity contribution in [1.29, 1.82) is 0 Å². The molecule has 1 aromatic heterocycles. The topological polar surface area (TPSA) is 86.4 Å². The maximum absolute atomic E-state index is 14.4. The van der Waals surface area contributed by atoms with Crippen LogP contribution in [0.1, 0.15) is 80.9 Å². The van der Waals surface area contributed by atoms with Crippen LogP contribution >= 0.6 is 0 Å². The number of nitrogens with zero attached hydrogens (tertiary/aromatic N) is 2. The van der Waals surface area contributed by atoms with Gasteiger partial charge in [-0.25, -0.2) is 0 Å². The second kappa shape index (κ2) is 18.6. The molecule has 7 heteroatoms. The second-order valence-electron chi connectivity index (χ2n) is 16.9. The Morgan fingerprint density at radius 2 is 1.33 bits per heavy atom. The zero-order chi connectivity index (χ0) is 44.2. The van der Waals surface area contributed by atoms with Crippen molar-refractivity contribution in [3.63, 3.8) is 0 Å². The van der Waals surface area contributed by atoms with Crippen LogP contribution in [-0.4, -0.2) is 47.9 Å². The number of nitrogens with one attached hydrogen (secondary N) is 3. The molecule has 2 amide bonds. The highest BCUT2D eigenvalue weighted by Crippen LogP contribution is 2.38. The van der Waals surface area contributed by atoms with Crippen LogP contribution in [0.5, 0.6) is 0 Å². The first kappa shape index (κ1) is 42.0. The Bertz CT molecular complexity index is 3040. The van der Waals surface area contributed by atoms with Crippen molar-refractivity contribution < 1.29 is 9.59 Å². The van der Waals surface area contributed by atoms with Crippen molar-refractivity contribution in [3.8, 4) is 22.3 Å². The van der Waals surface area contributed by atoms with E-state index in [1.165, 1.54) is 0 Å². The van der Waals surface area contributed by atoms with Crippen molar-refractivity contribution in [2.45, 2.75) is 46.2 Å². The fraction of sp³-hybridized carbons (Fsp3) is 0.193. The lowest BCUT2D eigenvalue weighted by Gasteiger charge is -2.29. The maximum Gasteiger partial charge on any atom is 0.252 e. The molecule has 2 heterocycles. The Labute approximate surface area is 376 Å². The van der Waals surface area contributed by atoms with Gasteiger partial charge in [0.1, 0.15) is 0 Å². The van der Waals surface area contributed by atoms with Gasteiger partial charge in [-0.1, -0.05) is 109 Å². The van der Waals surface area contributed by atoms with Crippen LogP contribution in [-0.2, 0) is 0 Å². The van der Waals surface area contributed by atoms with E-state index in [1.54, 1.807) is 12.4 Å². The van der Waals surface area contributed by atoms with Crippen LogP contribution in [0.15, 0.2) is 169 Å². The fourth-order valence-electron chi connectivity index (χ4n) is 9.20. The molecule has 0 saturated carbocycles. The average molecular weight is 840 g/mol. The smallest absolute Gasteiger partial charge is 0.252 e. The van der Waals surface area contributed by atoms with Crippen LogP contribution in [0.2, 0.25) is 0 Å². The molecule has 0 radical (unpaired) electrons. The molecule has 7 nitrogen and oxygen atoms in total. The average Bonchev–Trinajstić information content (AvgIpc) is 3.31. The van der Waals surface area contributed by atoms with E-state index < -0.39 is 0 Å². The molecule has 0 unspecified atom stereocenters. The van der Waals surface area contributed by atoms with Gasteiger partial charge in [0.15, 0.2) is 0 Å². The van der Waals surface area contributed by atoms with Crippen LogP contribution < -0.4 is 16.0 Å². The summed E-state index contributed by atoms with van der Waals surface area (Å²) in [5.74, 6) is -0.260. The van der Waals surface area contributed by atoms with Crippen molar-refractivity contribution in [2.75, 3.05) is 26.2 Å². The summed E-state index contributed by atoms with van der Waals surface area (Å²) in [6.07, 6.45) is 12.9. The molecule has 2 atom stereocenters. The van der Waals surface area contributed by atoms with Crippen molar-refractivity contribution in [1.82, 2.24) is 25.8 Å². The van der Waals surface area contributed by atoms with Gasteiger partial charge in [-0.15, -0.1) is 0 Å². The molecule has 1 fully saturated rings. The zero-order valence-electron chi connectivity index (χ0n) is 36.9. The highest BCUT2D eigenvalue weighted by molar-refractivity contribution is 6.05. The van der Waals surface area contributed by atoms with Crippen molar-refractivity contribution in [2.24, 2.45) is 0 Å². The minimum Gasteiger partial charge on any atom is -0.363 e. The van der Waals surface area contributed by atoms with Gasteiger partial charge < -0.3 is 20.9 Å². The molecule has 1 aliphatic carbocycles. The number of aromatic nitrogens is 1. The predicted molar refractivity (Wildman–Crippen MR) is 262 cm³/mol. The molecule has 1 aliphatic heterocycles. The molecule has 6 aromatic carbocycles. The first-order valence-corrected chi connectivity index (χ1v) is 22.3. The Morgan fingerprint density at radius 1 is 0.672 bits per heavy atom. The van der Waals surface area contributed by atoms with E-state index in [1.807, 2.05) is 76.2 Å². The molecule has 9 rings (SSSR count). The number of benzene rings is 6. The third-order valence-electron chi connectivity index (χ3n) is 12.7. The van der Waals surface area contributed by atoms with E-state index in [-0.39, 0.29) is 23.9 Å². The summed E-state index contributed by atoms with van der Waals surface area (Å²) in [5.41, 5.74) is 15.6. The summed E-state index contributed by atoms with van der Waals surface area (Å²) in [6, 6.07) is 40.9. The van der Waals surface area contributed by atoms with Gasteiger partial charge in [0.2, 0.25) is 0 Å². The van der Waals surface area contributed by atoms with Gasteiger partial charge in [0, 0.05) is 49.7 Å². The summed E-state index contributed by atoms with van der Waals surface area (Å²) in [5, 5.41) is 14.5. The molecule has 1 saturated heterocycles. The molecule has 3 N–H and O–H groups in total. The van der Waals surface area contributed by atoms with Gasteiger partial charge in [-0.2, -0.15) is 0 Å². The Morgan fingerprint density at radius 3 is 2.12 bits per heavy atom. The summed E-state index contributed by atoms with van der Waals surface area (Å²) in [7, 11) is 0. The minimum absolute atomic E-state index is 0.123. The number of carbonyl (C=O) groups is 2. The lowest BCUT2D eigenvalue weighted by Crippen LogP contribution is -2.42. The van der Waals surface area contributed by atoms with Gasteiger partial charge in [0.05, 0.1) is 17.8 Å². The molecule has 64 heavy (non-hydrogen) atoms. The Balaban J connectivity index is 1.03. The predicted octanol–water partition coefficient (Wildman–Crippen LogP) is 11.6. The van der Waals surface area contributed by atoms with Crippen LogP contribution in [0.25, 0.3) is 49.4 Å². The van der Waals surface area contributed by atoms with Crippen LogP contribution in [0.3, 0.4) is 0 Å². The largest absolute Gasteiger partial charge is 0.363 e. The summed E-state index contributed by atoms with van der Waals surface area (Å²) in [4.78, 5) is 35.3. The molecule has 2 aliphatic rings. The summed E-state index contributed by atoms with van der Waals surface area (Å²) >= 11 is 0. The first-order valence-electron chi connectivity index (χ1n) is 22.3. The molecule has 0 bridgehead atoms.